The third-order valence-electron chi connectivity index (χ3n) is 12.2. The van der Waals surface area contributed by atoms with Crippen LogP contribution in [0.2, 0.25) is 0 Å². The number of hydrogen-bond acceptors (Lipinski definition) is 8. The summed E-state index contributed by atoms with van der Waals surface area (Å²) in [6, 6.07) is 17.1. The molecule has 4 aliphatic heterocycles. The number of ether oxygens (including phenoxy) is 4. The van der Waals surface area contributed by atoms with Gasteiger partial charge in [0.05, 0.1) is 51.1 Å². The quantitative estimate of drug-likeness (QED) is 0.157. The molecule has 6 rings (SSSR count). The molecular formula is C40H54N2O8+2. The van der Waals surface area contributed by atoms with E-state index < -0.39 is 0 Å². The van der Waals surface area contributed by atoms with E-state index >= 15 is 0 Å². The number of benzene rings is 2. The molecule has 2 aromatic carbocycles. The molecule has 0 aromatic heterocycles. The monoisotopic (exact) mass is 690 g/mol. The maximum atomic E-state index is 13.0. The van der Waals surface area contributed by atoms with Gasteiger partial charge in [0.25, 0.3) is 0 Å². The highest BCUT2D eigenvalue weighted by Crippen LogP contribution is 2.43. The van der Waals surface area contributed by atoms with E-state index in [1.807, 2.05) is 48.5 Å². The van der Waals surface area contributed by atoms with E-state index in [0.29, 0.717) is 35.7 Å². The first-order valence-corrected chi connectivity index (χ1v) is 18.5. The summed E-state index contributed by atoms with van der Waals surface area (Å²) >= 11 is 0. The molecule has 4 fully saturated rings. The van der Waals surface area contributed by atoms with Crippen LogP contribution in [-0.4, -0.2) is 83.3 Å². The van der Waals surface area contributed by atoms with Crippen molar-refractivity contribution < 1.29 is 47.1 Å². The van der Waals surface area contributed by atoms with Gasteiger partial charge in [-0.05, 0) is 87.1 Å². The van der Waals surface area contributed by atoms with Crippen LogP contribution in [0, 0.1) is 0 Å². The molecule has 0 aliphatic carbocycles. The Bertz CT molecular complexity index is 1400. The van der Waals surface area contributed by atoms with Gasteiger partial charge in [0.1, 0.15) is 36.8 Å². The van der Waals surface area contributed by atoms with Crippen molar-refractivity contribution in [3.05, 3.63) is 59.7 Å². The van der Waals surface area contributed by atoms with Crippen molar-refractivity contribution in [2.45, 2.75) is 140 Å². The fourth-order valence-corrected chi connectivity index (χ4v) is 9.64. The smallest absolute Gasteiger partial charge is 0.308 e. The van der Waals surface area contributed by atoms with Gasteiger partial charge in [0, 0.05) is 50.7 Å². The van der Waals surface area contributed by atoms with Crippen molar-refractivity contribution in [2.75, 3.05) is 14.1 Å². The summed E-state index contributed by atoms with van der Waals surface area (Å²) in [6.07, 6.45) is 9.91. The average molecular weight is 691 g/mol. The number of carbonyl (C=O) groups is 4. The number of quaternary nitrogens is 2. The zero-order chi connectivity index (χ0) is 35.5. The highest BCUT2D eigenvalue weighted by atomic mass is 16.6. The third-order valence-corrected chi connectivity index (χ3v) is 12.2. The second-order valence-corrected chi connectivity index (χ2v) is 15.6. The van der Waals surface area contributed by atoms with Crippen molar-refractivity contribution in [3.8, 4) is 11.5 Å². The molecule has 270 valence electrons. The summed E-state index contributed by atoms with van der Waals surface area (Å²) in [5, 5.41) is 0. The van der Waals surface area contributed by atoms with Crippen LogP contribution >= 0.6 is 0 Å². The van der Waals surface area contributed by atoms with E-state index in [1.54, 1.807) is 0 Å². The molecule has 0 amide bonds. The van der Waals surface area contributed by atoms with Crippen LogP contribution in [0.5, 0.6) is 11.5 Å². The number of fused-ring (bicyclic) bond motifs is 4. The molecule has 0 spiro atoms. The molecule has 4 bridgehead atoms. The third kappa shape index (κ3) is 8.40. The van der Waals surface area contributed by atoms with Crippen LogP contribution in [0.3, 0.4) is 0 Å². The first kappa shape index (κ1) is 36.0. The minimum absolute atomic E-state index is 0.0438. The van der Waals surface area contributed by atoms with Crippen molar-refractivity contribution in [1.82, 2.24) is 0 Å². The van der Waals surface area contributed by atoms with Gasteiger partial charge >= 0.3 is 23.9 Å². The topological polar surface area (TPSA) is 105 Å². The molecule has 50 heavy (non-hydrogen) atoms. The summed E-state index contributed by atoms with van der Waals surface area (Å²) in [7, 11) is 4.65. The van der Waals surface area contributed by atoms with Gasteiger partial charge in [-0.1, -0.05) is 0 Å². The van der Waals surface area contributed by atoms with Crippen LogP contribution in [-0.2, 0) is 41.7 Å². The summed E-state index contributed by atoms with van der Waals surface area (Å²) in [6.45, 7) is 4.57. The normalized spacial score (nSPS) is 31.6. The average Bonchev–Trinajstić information content (AvgIpc) is 3.02. The number of rotatable bonds is 11. The van der Waals surface area contributed by atoms with Gasteiger partial charge in [-0.25, -0.2) is 0 Å². The Labute approximate surface area is 296 Å². The zero-order valence-electron chi connectivity index (χ0n) is 30.1. The van der Waals surface area contributed by atoms with E-state index in [4.69, 9.17) is 18.9 Å². The van der Waals surface area contributed by atoms with Crippen LogP contribution in [0.15, 0.2) is 48.5 Å². The SMILES string of the molecule is CC(=O)Oc1ccc(C[N+]2(C)C3CCCC2CC(OC(=O)CCC(=O)OC2CC4CCCC(C2)[N+]4(C)Cc2ccc(OC(C)=O)cc2)C3)cc1. The first-order valence-electron chi connectivity index (χ1n) is 18.5. The van der Waals surface area contributed by atoms with E-state index in [2.05, 4.69) is 14.1 Å². The highest BCUT2D eigenvalue weighted by Gasteiger charge is 2.51. The number of nitrogens with zero attached hydrogens (tertiary/aromatic N) is 2. The fraction of sp³-hybridized carbons (Fsp3) is 0.600. The maximum Gasteiger partial charge on any atom is 0.308 e. The Hall–Kier alpha value is -3.76. The molecule has 4 unspecified atom stereocenters. The van der Waals surface area contributed by atoms with Crippen LogP contribution in [0.4, 0.5) is 0 Å². The Balaban J connectivity index is 0.959. The molecule has 0 saturated carbocycles. The molecular weight excluding hydrogens is 636 g/mol. The Morgan fingerprint density at radius 1 is 0.560 bits per heavy atom. The summed E-state index contributed by atoms with van der Waals surface area (Å²) in [5.74, 6) is -0.167. The number of esters is 4. The summed E-state index contributed by atoms with van der Waals surface area (Å²) in [5.41, 5.74) is 2.40. The number of hydrogen-bond donors (Lipinski definition) is 0. The molecule has 4 heterocycles. The zero-order valence-corrected chi connectivity index (χ0v) is 30.1. The summed E-state index contributed by atoms with van der Waals surface area (Å²) in [4.78, 5) is 48.6. The van der Waals surface area contributed by atoms with Crippen LogP contribution in [0.25, 0.3) is 0 Å². The highest BCUT2D eigenvalue weighted by molar-refractivity contribution is 5.77. The lowest BCUT2D eigenvalue weighted by Crippen LogP contribution is -2.65. The van der Waals surface area contributed by atoms with Crippen molar-refractivity contribution >= 4 is 23.9 Å². The lowest BCUT2D eigenvalue weighted by atomic mass is 9.80. The first-order chi connectivity index (χ1) is 23.9. The van der Waals surface area contributed by atoms with E-state index in [-0.39, 0.29) is 48.9 Å². The summed E-state index contributed by atoms with van der Waals surface area (Å²) < 4.78 is 24.3. The molecule has 4 aliphatic rings. The van der Waals surface area contributed by atoms with Gasteiger partial charge in [0.15, 0.2) is 0 Å². The Morgan fingerprint density at radius 3 is 1.18 bits per heavy atom. The van der Waals surface area contributed by atoms with Gasteiger partial charge in [-0.15, -0.1) is 0 Å². The predicted molar refractivity (Wildman–Crippen MR) is 186 cm³/mol. The fourth-order valence-electron chi connectivity index (χ4n) is 9.64. The Morgan fingerprint density at radius 2 is 0.880 bits per heavy atom. The molecule has 4 atom stereocenters. The lowest BCUT2D eigenvalue weighted by Gasteiger charge is -2.55. The van der Waals surface area contributed by atoms with Gasteiger partial charge in [0.2, 0.25) is 0 Å². The largest absolute Gasteiger partial charge is 0.462 e. The molecule has 10 nitrogen and oxygen atoms in total. The van der Waals surface area contributed by atoms with Crippen molar-refractivity contribution in [3.63, 3.8) is 0 Å². The molecule has 10 heteroatoms. The van der Waals surface area contributed by atoms with E-state index in [1.165, 1.54) is 37.8 Å². The van der Waals surface area contributed by atoms with Gasteiger partial charge in [-0.2, -0.15) is 0 Å². The molecule has 2 aromatic rings. The number of carbonyl (C=O) groups excluding carboxylic acids is 4. The molecule has 0 radical (unpaired) electrons. The minimum Gasteiger partial charge on any atom is -0.462 e. The van der Waals surface area contributed by atoms with Gasteiger partial charge < -0.3 is 27.9 Å². The second kappa shape index (κ2) is 15.2. The number of piperidine rings is 4. The predicted octanol–water partition coefficient (Wildman–Crippen LogP) is 6.16. The van der Waals surface area contributed by atoms with Crippen LogP contribution in [0.1, 0.15) is 102 Å². The molecule has 4 saturated heterocycles. The minimum atomic E-state index is -0.326. The lowest BCUT2D eigenvalue weighted by molar-refractivity contribution is -0.979. The molecule has 0 N–H and O–H groups in total. The van der Waals surface area contributed by atoms with Crippen molar-refractivity contribution in [1.29, 1.82) is 0 Å². The van der Waals surface area contributed by atoms with E-state index in [9.17, 15) is 19.2 Å². The van der Waals surface area contributed by atoms with Crippen LogP contribution < -0.4 is 9.47 Å². The van der Waals surface area contributed by atoms with E-state index in [0.717, 1.165) is 73.4 Å². The second-order valence-electron chi connectivity index (χ2n) is 15.6. The standard InChI is InChI=1S/C40H54N2O8/c1-27(43)47-35-15-11-29(12-16-35)25-41(3)31-7-5-8-32(41)22-37(21-31)49-39(45)19-20-40(46)50-38-23-33-9-6-10-34(24-38)42(33,4)26-30-13-17-36(18-14-30)48-28(2)44/h11-18,31-34,37-38H,5-10,19-26H2,1-4H3/q+2. The van der Waals surface area contributed by atoms with Crippen molar-refractivity contribution in [2.24, 2.45) is 0 Å². The van der Waals surface area contributed by atoms with Gasteiger partial charge in [-0.3, -0.25) is 19.2 Å². The maximum absolute atomic E-state index is 13.0. The Kier molecular flexibility index (Phi) is 11.0.